The number of nitrogens with two attached hydrogens (primary N) is 1. The Kier molecular flexibility index (Phi) is 6.45. The third-order valence-electron chi connectivity index (χ3n) is 3.23. The van der Waals surface area contributed by atoms with Crippen LogP contribution in [0.2, 0.25) is 0 Å². The van der Waals surface area contributed by atoms with Gasteiger partial charge in [0.2, 0.25) is 10.0 Å². The lowest BCUT2D eigenvalue weighted by Crippen LogP contribution is -2.34. The molecule has 0 spiro atoms. The summed E-state index contributed by atoms with van der Waals surface area (Å²) in [6.07, 6.45) is 2.54. The van der Waals surface area contributed by atoms with Crippen LogP contribution in [0.4, 0.5) is 0 Å². The molecule has 1 rings (SSSR count). The molecule has 3 N–H and O–H groups in total. The van der Waals surface area contributed by atoms with Gasteiger partial charge in [-0.3, -0.25) is 0 Å². The zero-order valence-electron chi connectivity index (χ0n) is 12.3. The molecule has 114 valence electrons. The van der Waals surface area contributed by atoms with Crippen LogP contribution >= 0.6 is 0 Å². The highest BCUT2D eigenvalue weighted by atomic mass is 32.2. The van der Waals surface area contributed by atoms with E-state index in [4.69, 9.17) is 10.5 Å². The van der Waals surface area contributed by atoms with E-state index in [1.165, 1.54) is 7.11 Å². The molecular weight excluding hydrogens is 276 g/mol. The predicted molar refractivity (Wildman–Crippen MR) is 80.2 cm³/mol. The van der Waals surface area contributed by atoms with E-state index in [2.05, 4.69) is 4.72 Å². The van der Waals surface area contributed by atoms with E-state index in [-0.39, 0.29) is 17.5 Å². The summed E-state index contributed by atoms with van der Waals surface area (Å²) in [7, 11) is -1.98. The lowest BCUT2D eigenvalue weighted by atomic mass is 10.1. The smallest absolute Gasteiger partial charge is 0.240 e. The van der Waals surface area contributed by atoms with Crippen molar-refractivity contribution in [3.63, 3.8) is 0 Å². The first kappa shape index (κ1) is 16.9. The zero-order valence-corrected chi connectivity index (χ0v) is 13.2. The summed E-state index contributed by atoms with van der Waals surface area (Å²) in [6, 6.07) is 4.71. The van der Waals surface area contributed by atoms with Crippen molar-refractivity contribution in [1.29, 1.82) is 0 Å². The number of hydrogen-bond acceptors (Lipinski definition) is 4. The maximum absolute atomic E-state index is 12.4. The standard InChI is InChI=1S/C14H24N2O3S/c1-4-6-12(5-2)16-20(17,18)13-7-8-14(19-3)11(9-13)10-15/h7-9,12,16H,4-6,10,15H2,1-3H3. The molecule has 0 saturated carbocycles. The van der Waals surface area contributed by atoms with E-state index < -0.39 is 10.0 Å². The number of nitrogens with one attached hydrogen (secondary N) is 1. The minimum absolute atomic E-state index is 0.0339. The molecule has 0 aliphatic carbocycles. The van der Waals surface area contributed by atoms with Gasteiger partial charge in [-0.2, -0.15) is 0 Å². The third-order valence-corrected chi connectivity index (χ3v) is 4.75. The second-order valence-electron chi connectivity index (χ2n) is 4.69. The molecule has 5 nitrogen and oxygen atoms in total. The minimum atomic E-state index is -3.51. The Morgan fingerprint density at radius 1 is 1.35 bits per heavy atom. The molecule has 1 unspecified atom stereocenters. The van der Waals surface area contributed by atoms with Crippen LogP contribution in [0.25, 0.3) is 0 Å². The van der Waals surface area contributed by atoms with Crippen LogP contribution in [-0.4, -0.2) is 21.6 Å². The highest BCUT2D eigenvalue weighted by molar-refractivity contribution is 7.89. The Hall–Kier alpha value is -1.11. The van der Waals surface area contributed by atoms with Crippen LogP contribution in [0.15, 0.2) is 23.1 Å². The average molecular weight is 300 g/mol. The van der Waals surface area contributed by atoms with Crippen molar-refractivity contribution in [2.24, 2.45) is 5.73 Å². The van der Waals surface area contributed by atoms with Crippen molar-refractivity contribution in [2.45, 2.75) is 50.6 Å². The van der Waals surface area contributed by atoms with Crippen LogP contribution in [0.5, 0.6) is 5.75 Å². The van der Waals surface area contributed by atoms with Crippen molar-refractivity contribution < 1.29 is 13.2 Å². The fraction of sp³-hybridized carbons (Fsp3) is 0.571. The average Bonchev–Trinajstić information content (AvgIpc) is 2.45. The molecule has 0 aliphatic heterocycles. The molecule has 20 heavy (non-hydrogen) atoms. The quantitative estimate of drug-likeness (QED) is 0.769. The van der Waals surface area contributed by atoms with Crippen molar-refractivity contribution in [1.82, 2.24) is 4.72 Å². The second kappa shape index (κ2) is 7.61. The molecule has 0 heterocycles. The number of rotatable bonds is 8. The first-order valence-electron chi connectivity index (χ1n) is 6.87. The highest BCUT2D eigenvalue weighted by Crippen LogP contribution is 2.22. The van der Waals surface area contributed by atoms with Gasteiger partial charge < -0.3 is 10.5 Å². The SMILES string of the molecule is CCCC(CC)NS(=O)(=O)c1ccc(OC)c(CN)c1. The summed E-state index contributed by atoms with van der Waals surface area (Å²) < 4.78 is 32.6. The Bertz CT molecular complexity index is 529. The second-order valence-corrected chi connectivity index (χ2v) is 6.41. The fourth-order valence-corrected chi connectivity index (χ4v) is 3.47. The number of hydrogen-bond donors (Lipinski definition) is 2. The lowest BCUT2D eigenvalue weighted by molar-refractivity contribution is 0.409. The van der Waals surface area contributed by atoms with Crippen molar-refractivity contribution in [3.8, 4) is 5.75 Å². The summed E-state index contributed by atoms with van der Waals surface area (Å²) in [5.41, 5.74) is 6.30. The van der Waals surface area contributed by atoms with E-state index in [0.29, 0.717) is 11.3 Å². The Balaban J connectivity index is 3.03. The third kappa shape index (κ3) is 4.19. The largest absolute Gasteiger partial charge is 0.496 e. The number of sulfonamides is 1. The molecule has 0 aliphatic rings. The summed E-state index contributed by atoms with van der Waals surface area (Å²) >= 11 is 0. The number of methoxy groups -OCH3 is 1. The van der Waals surface area contributed by atoms with Crippen LogP contribution in [0.3, 0.4) is 0 Å². The first-order chi connectivity index (χ1) is 9.48. The molecule has 1 aromatic carbocycles. The molecule has 6 heteroatoms. The van der Waals surface area contributed by atoms with Crippen LogP contribution in [-0.2, 0) is 16.6 Å². The van der Waals surface area contributed by atoms with Gasteiger partial charge in [0.25, 0.3) is 0 Å². The lowest BCUT2D eigenvalue weighted by Gasteiger charge is -2.17. The number of benzene rings is 1. The van der Waals surface area contributed by atoms with Gasteiger partial charge in [0, 0.05) is 18.2 Å². The topological polar surface area (TPSA) is 81.4 Å². The summed E-state index contributed by atoms with van der Waals surface area (Å²) in [4.78, 5) is 0.230. The molecule has 1 aromatic rings. The van der Waals surface area contributed by atoms with Gasteiger partial charge in [0.15, 0.2) is 0 Å². The van der Waals surface area contributed by atoms with Gasteiger partial charge in [0.05, 0.1) is 12.0 Å². The van der Waals surface area contributed by atoms with Crippen LogP contribution in [0, 0.1) is 0 Å². The van der Waals surface area contributed by atoms with Crippen molar-refractivity contribution in [3.05, 3.63) is 23.8 Å². The van der Waals surface area contributed by atoms with E-state index in [9.17, 15) is 8.42 Å². The number of ether oxygens (including phenoxy) is 1. The molecule has 0 amide bonds. The molecular formula is C14H24N2O3S. The molecule has 0 fully saturated rings. The fourth-order valence-electron chi connectivity index (χ4n) is 2.06. The molecule has 1 atom stereocenters. The Labute approximate surface area is 121 Å². The summed E-state index contributed by atoms with van der Waals surface area (Å²) in [5.74, 6) is 0.604. The van der Waals surface area contributed by atoms with E-state index in [1.807, 2.05) is 13.8 Å². The van der Waals surface area contributed by atoms with Gasteiger partial charge in [-0.05, 0) is 31.0 Å². The van der Waals surface area contributed by atoms with Gasteiger partial charge >= 0.3 is 0 Å². The molecule has 0 bridgehead atoms. The van der Waals surface area contributed by atoms with Crippen LogP contribution in [0.1, 0.15) is 38.7 Å². The maximum Gasteiger partial charge on any atom is 0.240 e. The van der Waals surface area contributed by atoms with Gasteiger partial charge in [-0.15, -0.1) is 0 Å². The monoisotopic (exact) mass is 300 g/mol. The molecule has 0 saturated heterocycles. The zero-order chi connectivity index (χ0) is 15.2. The summed E-state index contributed by atoms with van der Waals surface area (Å²) in [5, 5.41) is 0. The van der Waals surface area contributed by atoms with Gasteiger partial charge in [-0.25, -0.2) is 13.1 Å². The highest BCUT2D eigenvalue weighted by Gasteiger charge is 2.19. The maximum atomic E-state index is 12.4. The van der Waals surface area contributed by atoms with Crippen molar-refractivity contribution in [2.75, 3.05) is 7.11 Å². The van der Waals surface area contributed by atoms with E-state index >= 15 is 0 Å². The first-order valence-corrected chi connectivity index (χ1v) is 8.36. The van der Waals surface area contributed by atoms with Crippen molar-refractivity contribution >= 4 is 10.0 Å². The molecule has 0 radical (unpaired) electrons. The predicted octanol–water partition coefficient (Wildman–Crippen LogP) is 2.01. The minimum Gasteiger partial charge on any atom is -0.496 e. The molecule has 0 aromatic heterocycles. The van der Waals surface area contributed by atoms with E-state index in [0.717, 1.165) is 19.3 Å². The van der Waals surface area contributed by atoms with Gasteiger partial charge in [0.1, 0.15) is 5.75 Å². The van der Waals surface area contributed by atoms with E-state index in [1.54, 1.807) is 18.2 Å². The normalized spacial score (nSPS) is 13.2. The summed E-state index contributed by atoms with van der Waals surface area (Å²) in [6.45, 7) is 4.25. The Morgan fingerprint density at radius 3 is 2.55 bits per heavy atom. The van der Waals surface area contributed by atoms with Crippen LogP contribution < -0.4 is 15.2 Å². The Morgan fingerprint density at radius 2 is 2.05 bits per heavy atom. The van der Waals surface area contributed by atoms with Gasteiger partial charge in [-0.1, -0.05) is 20.3 Å².